The molecule has 2 rings (SSSR count). The highest BCUT2D eigenvalue weighted by Crippen LogP contribution is 2.24. The Hall–Kier alpha value is -2.21. The number of aryl methyl sites for hydroxylation is 2. The van der Waals surface area contributed by atoms with Gasteiger partial charge in [0.15, 0.2) is 5.13 Å². The Kier molecular flexibility index (Phi) is 6.53. The molecule has 0 aliphatic rings. The van der Waals surface area contributed by atoms with Crippen molar-refractivity contribution < 1.29 is 14.3 Å². The van der Waals surface area contributed by atoms with Crippen LogP contribution in [-0.2, 0) is 21.4 Å². The summed E-state index contributed by atoms with van der Waals surface area (Å²) in [6.45, 7) is 10.3. The molecular weight excluding hydrogens is 348 g/mol. The van der Waals surface area contributed by atoms with Crippen molar-refractivity contribution in [3.63, 3.8) is 0 Å². The van der Waals surface area contributed by atoms with Gasteiger partial charge in [0.2, 0.25) is 5.91 Å². The molecule has 0 saturated carbocycles. The fourth-order valence-corrected chi connectivity index (χ4v) is 3.32. The quantitative estimate of drug-likeness (QED) is 0.756. The van der Waals surface area contributed by atoms with Crippen LogP contribution in [0.5, 0.6) is 0 Å². The highest BCUT2D eigenvalue weighted by Gasteiger charge is 2.17. The van der Waals surface area contributed by atoms with E-state index in [0.29, 0.717) is 35.2 Å². The van der Waals surface area contributed by atoms with Crippen molar-refractivity contribution >= 4 is 28.3 Å². The molecule has 1 N–H and O–H groups in total. The number of anilines is 1. The van der Waals surface area contributed by atoms with E-state index >= 15 is 0 Å². The van der Waals surface area contributed by atoms with Crippen LogP contribution in [0.2, 0.25) is 0 Å². The van der Waals surface area contributed by atoms with Gasteiger partial charge in [-0.05, 0) is 36.8 Å². The predicted octanol–water partition coefficient (Wildman–Crippen LogP) is 4.50. The van der Waals surface area contributed by atoms with Crippen LogP contribution in [0.15, 0.2) is 24.3 Å². The van der Waals surface area contributed by atoms with E-state index in [9.17, 15) is 9.59 Å². The first kappa shape index (κ1) is 20.1. The van der Waals surface area contributed by atoms with Gasteiger partial charge in [-0.1, -0.05) is 56.4 Å². The van der Waals surface area contributed by atoms with E-state index < -0.39 is 5.97 Å². The van der Waals surface area contributed by atoms with Crippen molar-refractivity contribution in [3.8, 4) is 0 Å². The van der Waals surface area contributed by atoms with Gasteiger partial charge in [-0.2, -0.15) is 0 Å². The number of ether oxygens (including phenoxy) is 1. The van der Waals surface area contributed by atoms with Crippen molar-refractivity contribution in [2.24, 2.45) is 0 Å². The number of nitrogens with one attached hydrogen (secondary N) is 1. The lowest BCUT2D eigenvalue weighted by atomic mass is 9.86. The number of hydrogen-bond donors (Lipinski definition) is 1. The molecule has 0 aliphatic carbocycles. The average Bonchev–Trinajstić information content (AvgIpc) is 2.93. The third-order valence-electron chi connectivity index (χ3n) is 3.96. The van der Waals surface area contributed by atoms with Gasteiger partial charge >= 0.3 is 5.97 Å². The zero-order valence-electron chi connectivity index (χ0n) is 16.0. The van der Waals surface area contributed by atoms with E-state index in [1.165, 1.54) is 5.56 Å². The molecule has 6 heteroatoms. The molecule has 1 heterocycles. The van der Waals surface area contributed by atoms with Crippen LogP contribution in [0.4, 0.5) is 5.13 Å². The van der Waals surface area contributed by atoms with Gasteiger partial charge in [-0.3, -0.25) is 4.79 Å². The first-order valence-electron chi connectivity index (χ1n) is 8.74. The number of carbonyl (C=O) groups excluding carboxylic acids is 2. The van der Waals surface area contributed by atoms with E-state index in [4.69, 9.17) is 4.74 Å². The summed E-state index contributed by atoms with van der Waals surface area (Å²) in [6, 6.07) is 8.37. The van der Waals surface area contributed by atoms with Gasteiger partial charge in [-0.25, -0.2) is 9.78 Å². The van der Waals surface area contributed by atoms with Crippen LogP contribution < -0.4 is 5.32 Å². The van der Waals surface area contributed by atoms with E-state index in [-0.39, 0.29) is 11.3 Å². The van der Waals surface area contributed by atoms with E-state index in [2.05, 4.69) is 55.3 Å². The second-order valence-corrected chi connectivity index (χ2v) is 8.15. The van der Waals surface area contributed by atoms with Gasteiger partial charge in [0.25, 0.3) is 0 Å². The number of benzene rings is 1. The Bertz CT molecular complexity index is 773. The maximum atomic E-state index is 12.2. The summed E-state index contributed by atoms with van der Waals surface area (Å²) in [6.07, 6.45) is 1.02. The molecule has 1 amide bonds. The van der Waals surface area contributed by atoms with Crippen molar-refractivity contribution in [2.75, 3.05) is 11.9 Å². The molecule has 0 atom stereocenters. The minimum Gasteiger partial charge on any atom is -0.462 e. The molecule has 0 bridgehead atoms. The summed E-state index contributed by atoms with van der Waals surface area (Å²) in [7, 11) is 0. The fourth-order valence-electron chi connectivity index (χ4n) is 2.45. The summed E-state index contributed by atoms with van der Waals surface area (Å²) in [4.78, 5) is 28.6. The molecule has 0 radical (unpaired) electrons. The Labute approximate surface area is 158 Å². The smallest absolute Gasteiger partial charge is 0.350 e. The van der Waals surface area contributed by atoms with Crippen LogP contribution in [0.25, 0.3) is 0 Å². The maximum absolute atomic E-state index is 12.2. The van der Waals surface area contributed by atoms with Gasteiger partial charge in [0.05, 0.1) is 12.3 Å². The van der Waals surface area contributed by atoms with E-state index in [0.717, 1.165) is 16.9 Å². The first-order chi connectivity index (χ1) is 12.2. The molecule has 26 heavy (non-hydrogen) atoms. The standard InChI is InChI=1S/C20H26N2O3S/c1-6-25-18(24)17-13(2)21-19(26-17)22-16(23)12-9-14-7-10-15(11-8-14)20(3,4)5/h7-8,10-11H,6,9,12H2,1-5H3,(H,21,22,23). The van der Waals surface area contributed by atoms with Crippen LogP contribution >= 0.6 is 11.3 Å². The number of hydrogen-bond acceptors (Lipinski definition) is 5. The lowest BCUT2D eigenvalue weighted by Crippen LogP contribution is -2.13. The summed E-state index contributed by atoms with van der Waals surface area (Å²) in [5.74, 6) is -0.518. The number of carbonyl (C=O) groups is 2. The second-order valence-electron chi connectivity index (χ2n) is 7.15. The Morgan fingerprint density at radius 2 is 1.85 bits per heavy atom. The molecule has 5 nitrogen and oxygen atoms in total. The Balaban J connectivity index is 1.91. The largest absolute Gasteiger partial charge is 0.462 e. The van der Waals surface area contributed by atoms with E-state index in [1.54, 1.807) is 13.8 Å². The Morgan fingerprint density at radius 1 is 1.19 bits per heavy atom. The molecule has 0 aliphatic heterocycles. The molecule has 140 valence electrons. The molecule has 0 fully saturated rings. The van der Waals surface area contributed by atoms with Crippen LogP contribution in [0, 0.1) is 6.92 Å². The maximum Gasteiger partial charge on any atom is 0.350 e. The first-order valence-corrected chi connectivity index (χ1v) is 9.56. The number of nitrogens with zero attached hydrogens (tertiary/aromatic N) is 1. The van der Waals surface area contributed by atoms with Gasteiger partial charge < -0.3 is 10.1 Å². The van der Waals surface area contributed by atoms with Crippen molar-refractivity contribution in [3.05, 3.63) is 46.0 Å². The van der Waals surface area contributed by atoms with Gasteiger partial charge in [-0.15, -0.1) is 0 Å². The molecule has 0 spiro atoms. The predicted molar refractivity (Wildman–Crippen MR) is 105 cm³/mol. The SMILES string of the molecule is CCOC(=O)c1sc(NC(=O)CCc2ccc(C(C)(C)C)cc2)nc1C. The van der Waals surface area contributed by atoms with Crippen molar-refractivity contribution in [1.29, 1.82) is 0 Å². The highest BCUT2D eigenvalue weighted by molar-refractivity contribution is 7.17. The number of esters is 1. The zero-order valence-corrected chi connectivity index (χ0v) is 16.8. The summed E-state index contributed by atoms with van der Waals surface area (Å²) < 4.78 is 4.98. The minimum absolute atomic E-state index is 0.117. The lowest BCUT2D eigenvalue weighted by Gasteiger charge is -2.19. The summed E-state index contributed by atoms with van der Waals surface area (Å²) in [5, 5.41) is 3.20. The fraction of sp³-hybridized carbons (Fsp3) is 0.450. The monoisotopic (exact) mass is 374 g/mol. The van der Waals surface area contributed by atoms with Crippen LogP contribution in [-0.4, -0.2) is 23.5 Å². The third-order valence-corrected chi connectivity index (χ3v) is 5.02. The molecule has 0 unspecified atom stereocenters. The Morgan fingerprint density at radius 3 is 2.42 bits per heavy atom. The summed E-state index contributed by atoms with van der Waals surface area (Å²) >= 11 is 1.14. The topological polar surface area (TPSA) is 68.3 Å². The summed E-state index contributed by atoms with van der Waals surface area (Å²) in [5.41, 5.74) is 3.09. The van der Waals surface area contributed by atoms with Crippen molar-refractivity contribution in [2.45, 2.75) is 52.9 Å². The lowest BCUT2D eigenvalue weighted by molar-refractivity contribution is -0.116. The van der Waals surface area contributed by atoms with Gasteiger partial charge in [0.1, 0.15) is 4.88 Å². The zero-order chi connectivity index (χ0) is 19.3. The van der Waals surface area contributed by atoms with Gasteiger partial charge in [0, 0.05) is 6.42 Å². The molecule has 1 aromatic carbocycles. The molecule has 2 aromatic rings. The number of aromatic nitrogens is 1. The second kappa shape index (κ2) is 8.45. The van der Waals surface area contributed by atoms with E-state index in [1.807, 2.05) is 0 Å². The number of thiazole rings is 1. The molecule has 0 saturated heterocycles. The number of rotatable bonds is 6. The average molecular weight is 375 g/mol. The van der Waals surface area contributed by atoms with Crippen molar-refractivity contribution in [1.82, 2.24) is 4.98 Å². The molecule has 1 aromatic heterocycles. The van der Waals surface area contributed by atoms with Crippen LogP contribution in [0.3, 0.4) is 0 Å². The third kappa shape index (κ3) is 5.39. The number of amides is 1. The normalized spacial score (nSPS) is 11.3. The highest BCUT2D eigenvalue weighted by atomic mass is 32.1. The molecular formula is C20H26N2O3S. The minimum atomic E-state index is -0.401. The van der Waals surface area contributed by atoms with Crippen LogP contribution in [0.1, 0.15) is 60.6 Å².